The molecule has 0 amide bonds. The standard InChI is InChI=1S/C8H7ClO2/c1-4-3-6(10)5(2)7(9)8(4)11/h3H,1-2H3. The fourth-order valence-corrected chi connectivity index (χ4v) is 1.06. The van der Waals surface area contributed by atoms with Crippen molar-refractivity contribution >= 4 is 23.2 Å². The summed E-state index contributed by atoms with van der Waals surface area (Å²) in [6.45, 7) is 3.13. The van der Waals surface area contributed by atoms with Crippen LogP contribution in [0, 0.1) is 0 Å². The van der Waals surface area contributed by atoms with Gasteiger partial charge < -0.3 is 0 Å². The summed E-state index contributed by atoms with van der Waals surface area (Å²) in [4.78, 5) is 22.1. The topological polar surface area (TPSA) is 34.1 Å². The summed E-state index contributed by atoms with van der Waals surface area (Å²) in [6, 6.07) is 0. The summed E-state index contributed by atoms with van der Waals surface area (Å²) in [5.74, 6) is -0.420. The Hall–Kier alpha value is -0.890. The van der Waals surface area contributed by atoms with Crippen LogP contribution in [0.4, 0.5) is 0 Å². The first kappa shape index (κ1) is 8.21. The van der Waals surface area contributed by atoms with Crippen molar-refractivity contribution < 1.29 is 9.59 Å². The molecule has 58 valence electrons. The zero-order valence-corrected chi connectivity index (χ0v) is 7.03. The van der Waals surface area contributed by atoms with E-state index in [-0.39, 0.29) is 16.6 Å². The average molecular weight is 171 g/mol. The first-order valence-corrected chi connectivity index (χ1v) is 3.55. The monoisotopic (exact) mass is 170 g/mol. The molecule has 0 aromatic carbocycles. The van der Waals surface area contributed by atoms with Crippen molar-refractivity contribution in [1.82, 2.24) is 0 Å². The lowest BCUT2D eigenvalue weighted by molar-refractivity contribution is -0.115. The van der Waals surface area contributed by atoms with Gasteiger partial charge in [0.15, 0.2) is 5.78 Å². The van der Waals surface area contributed by atoms with Crippen LogP contribution >= 0.6 is 11.6 Å². The third-order valence-electron chi connectivity index (χ3n) is 1.60. The van der Waals surface area contributed by atoms with Crippen molar-refractivity contribution in [3.8, 4) is 0 Å². The van der Waals surface area contributed by atoms with Gasteiger partial charge in [-0.15, -0.1) is 0 Å². The maximum Gasteiger partial charge on any atom is 0.200 e. The number of carbonyl (C=O) groups excluding carboxylic acids is 2. The summed E-state index contributed by atoms with van der Waals surface area (Å²) in [5, 5.41) is 0.0509. The van der Waals surface area contributed by atoms with Crippen LogP contribution in [0.1, 0.15) is 13.8 Å². The molecule has 11 heavy (non-hydrogen) atoms. The van der Waals surface area contributed by atoms with Crippen LogP contribution in [0.25, 0.3) is 0 Å². The molecule has 0 aromatic rings. The Morgan fingerprint density at radius 1 is 1.27 bits per heavy atom. The Labute approximate surface area is 69.5 Å². The number of hydrogen-bond acceptors (Lipinski definition) is 2. The van der Waals surface area contributed by atoms with Crippen LogP contribution in [-0.2, 0) is 9.59 Å². The molecule has 3 heteroatoms. The highest BCUT2D eigenvalue weighted by molar-refractivity contribution is 6.48. The molecule has 0 heterocycles. The van der Waals surface area contributed by atoms with Gasteiger partial charge in [-0.05, 0) is 19.9 Å². The first-order chi connectivity index (χ1) is 5.04. The predicted molar refractivity (Wildman–Crippen MR) is 42.3 cm³/mol. The van der Waals surface area contributed by atoms with E-state index in [1.807, 2.05) is 0 Å². The van der Waals surface area contributed by atoms with Gasteiger partial charge in [-0.2, -0.15) is 0 Å². The molecule has 0 radical (unpaired) electrons. The Morgan fingerprint density at radius 3 is 2.36 bits per heavy atom. The molecule has 0 aromatic heterocycles. The maximum atomic E-state index is 11.1. The summed E-state index contributed by atoms with van der Waals surface area (Å²) >= 11 is 5.58. The SMILES string of the molecule is CC1=CC(=O)C(C)=C(Cl)C1=O. The van der Waals surface area contributed by atoms with Crippen LogP contribution in [0.15, 0.2) is 22.3 Å². The van der Waals surface area contributed by atoms with Gasteiger partial charge in [-0.1, -0.05) is 11.6 Å². The lowest BCUT2D eigenvalue weighted by atomic mass is 9.99. The minimum absolute atomic E-state index is 0.0509. The van der Waals surface area contributed by atoms with Crippen molar-refractivity contribution in [2.45, 2.75) is 13.8 Å². The second kappa shape index (κ2) is 2.62. The van der Waals surface area contributed by atoms with Gasteiger partial charge in [0.1, 0.15) is 0 Å². The molecule has 0 atom stereocenters. The first-order valence-electron chi connectivity index (χ1n) is 3.17. The molecule has 1 aliphatic carbocycles. The zero-order chi connectivity index (χ0) is 8.59. The maximum absolute atomic E-state index is 11.1. The Bertz CT molecular complexity index is 297. The van der Waals surface area contributed by atoms with E-state index < -0.39 is 0 Å². The number of carbonyl (C=O) groups is 2. The van der Waals surface area contributed by atoms with Gasteiger partial charge >= 0.3 is 0 Å². The van der Waals surface area contributed by atoms with Crippen LogP contribution < -0.4 is 0 Å². The van der Waals surface area contributed by atoms with Gasteiger partial charge in [-0.3, -0.25) is 9.59 Å². The van der Waals surface area contributed by atoms with Crippen molar-refractivity contribution in [3.05, 3.63) is 22.3 Å². The molecule has 0 spiro atoms. The Morgan fingerprint density at radius 2 is 1.82 bits per heavy atom. The highest BCUT2D eigenvalue weighted by Gasteiger charge is 2.21. The smallest absolute Gasteiger partial charge is 0.200 e. The predicted octanol–water partition coefficient (Wildman–Crippen LogP) is 1.60. The van der Waals surface area contributed by atoms with Crippen molar-refractivity contribution in [1.29, 1.82) is 0 Å². The van der Waals surface area contributed by atoms with Crippen LogP contribution in [0.2, 0.25) is 0 Å². The van der Waals surface area contributed by atoms with E-state index >= 15 is 0 Å². The fourth-order valence-electron chi connectivity index (χ4n) is 0.822. The van der Waals surface area contributed by atoms with E-state index in [0.717, 1.165) is 0 Å². The molecule has 0 unspecified atom stereocenters. The van der Waals surface area contributed by atoms with E-state index in [1.54, 1.807) is 13.8 Å². The van der Waals surface area contributed by atoms with Gasteiger partial charge in [-0.25, -0.2) is 0 Å². The highest BCUT2D eigenvalue weighted by atomic mass is 35.5. The molecule has 1 rings (SSSR count). The molecule has 0 saturated carbocycles. The van der Waals surface area contributed by atoms with Gasteiger partial charge in [0.05, 0.1) is 5.03 Å². The fraction of sp³-hybridized carbons (Fsp3) is 0.250. The minimum atomic E-state index is -0.247. The number of halogens is 1. The van der Waals surface area contributed by atoms with Gasteiger partial charge in [0.25, 0.3) is 0 Å². The molecule has 0 bridgehead atoms. The van der Waals surface area contributed by atoms with Crippen LogP contribution in [0.5, 0.6) is 0 Å². The summed E-state index contributed by atoms with van der Waals surface area (Å²) in [6.07, 6.45) is 1.31. The lowest BCUT2D eigenvalue weighted by Gasteiger charge is -2.07. The number of Topliss-reactive ketones (excluding diaryl/α,β-unsaturated/α-hetero) is 1. The average Bonchev–Trinajstić information content (AvgIpc) is 1.97. The third-order valence-corrected chi connectivity index (χ3v) is 2.06. The second-order valence-electron chi connectivity index (χ2n) is 2.46. The third kappa shape index (κ3) is 1.26. The van der Waals surface area contributed by atoms with Crippen LogP contribution in [0.3, 0.4) is 0 Å². The van der Waals surface area contributed by atoms with Crippen molar-refractivity contribution in [2.75, 3.05) is 0 Å². The molecule has 1 aliphatic rings. The number of hydrogen-bond donors (Lipinski definition) is 0. The summed E-state index contributed by atoms with van der Waals surface area (Å²) in [5.41, 5.74) is 0.743. The largest absolute Gasteiger partial charge is 0.290 e. The zero-order valence-electron chi connectivity index (χ0n) is 6.27. The number of ketones is 2. The van der Waals surface area contributed by atoms with Crippen molar-refractivity contribution in [2.24, 2.45) is 0 Å². The molecule has 0 fully saturated rings. The summed E-state index contributed by atoms with van der Waals surface area (Å²) in [7, 11) is 0. The van der Waals surface area contributed by atoms with E-state index in [4.69, 9.17) is 11.6 Å². The number of rotatable bonds is 0. The molecular formula is C8H7ClO2. The van der Waals surface area contributed by atoms with Crippen molar-refractivity contribution in [3.63, 3.8) is 0 Å². The van der Waals surface area contributed by atoms with Crippen LogP contribution in [-0.4, -0.2) is 11.6 Å². The Kier molecular flexibility index (Phi) is 1.96. The highest BCUT2D eigenvalue weighted by Crippen LogP contribution is 2.21. The van der Waals surface area contributed by atoms with E-state index in [0.29, 0.717) is 11.1 Å². The molecule has 2 nitrogen and oxygen atoms in total. The van der Waals surface area contributed by atoms with Gasteiger partial charge in [0, 0.05) is 11.1 Å². The molecular weight excluding hydrogens is 164 g/mol. The van der Waals surface area contributed by atoms with E-state index in [1.165, 1.54) is 6.08 Å². The molecule has 0 saturated heterocycles. The Balaban J connectivity index is 3.19. The number of allylic oxidation sites excluding steroid dienone is 4. The van der Waals surface area contributed by atoms with E-state index in [9.17, 15) is 9.59 Å². The quantitative estimate of drug-likeness (QED) is 0.518. The van der Waals surface area contributed by atoms with Gasteiger partial charge in [0.2, 0.25) is 5.78 Å². The summed E-state index contributed by atoms with van der Waals surface area (Å²) < 4.78 is 0. The second-order valence-corrected chi connectivity index (χ2v) is 2.84. The normalized spacial score (nSPS) is 19.0. The molecule has 0 N–H and O–H groups in total. The minimum Gasteiger partial charge on any atom is -0.290 e. The molecule has 0 aliphatic heterocycles. The van der Waals surface area contributed by atoms with E-state index in [2.05, 4.69) is 0 Å². The lowest BCUT2D eigenvalue weighted by Crippen LogP contribution is -2.13.